The van der Waals surface area contributed by atoms with Crippen molar-refractivity contribution in [2.24, 2.45) is 5.92 Å². The van der Waals surface area contributed by atoms with Gasteiger partial charge in [-0.05, 0) is 53.8 Å². The third-order valence-electron chi connectivity index (χ3n) is 6.67. The number of halogens is 1. The van der Waals surface area contributed by atoms with E-state index in [1.54, 1.807) is 24.1 Å². The van der Waals surface area contributed by atoms with Gasteiger partial charge in [0, 0.05) is 22.7 Å². The van der Waals surface area contributed by atoms with Crippen molar-refractivity contribution in [2.75, 3.05) is 13.7 Å². The summed E-state index contributed by atoms with van der Waals surface area (Å²) in [6.45, 7) is 6.94. The zero-order chi connectivity index (χ0) is 27.0. The number of aromatic amines is 1. The first kappa shape index (κ1) is 25.7. The second-order valence-electron chi connectivity index (χ2n) is 9.92. The van der Waals surface area contributed by atoms with E-state index in [1.165, 1.54) is 0 Å². The maximum absolute atomic E-state index is 13.7. The zero-order valence-corrected chi connectivity index (χ0v) is 22.5. The molecule has 1 amide bonds. The molecule has 0 saturated carbocycles. The number of benzene rings is 3. The Morgan fingerprint density at radius 3 is 2.58 bits per heavy atom. The number of ether oxygens (including phenoxy) is 2. The van der Waals surface area contributed by atoms with E-state index in [0.717, 1.165) is 16.7 Å². The van der Waals surface area contributed by atoms with Crippen LogP contribution in [-0.4, -0.2) is 39.8 Å². The highest BCUT2D eigenvalue weighted by Crippen LogP contribution is 2.47. The third kappa shape index (κ3) is 4.70. The minimum atomic E-state index is -0.487. The van der Waals surface area contributed by atoms with Crippen LogP contribution < -0.4 is 9.47 Å². The Bertz CT molecular complexity index is 1480. The number of aromatic hydroxyl groups is 1. The van der Waals surface area contributed by atoms with Gasteiger partial charge in [0.25, 0.3) is 5.91 Å². The first-order valence-electron chi connectivity index (χ1n) is 12.5. The van der Waals surface area contributed by atoms with E-state index in [0.29, 0.717) is 58.1 Å². The van der Waals surface area contributed by atoms with Gasteiger partial charge in [-0.2, -0.15) is 5.10 Å². The molecule has 8 heteroatoms. The lowest BCUT2D eigenvalue weighted by molar-refractivity contribution is 0.0730. The average Bonchev–Trinajstić information content (AvgIpc) is 3.44. The van der Waals surface area contributed by atoms with Gasteiger partial charge in [0.05, 0.1) is 19.8 Å². The van der Waals surface area contributed by atoms with Crippen molar-refractivity contribution in [3.8, 4) is 28.5 Å². The summed E-state index contributed by atoms with van der Waals surface area (Å²) in [4.78, 5) is 15.5. The number of carbonyl (C=O) groups is 1. The van der Waals surface area contributed by atoms with Crippen molar-refractivity contribution in [1.82, 2.24) is 15.1 Å². The Morgan fingerprint density at radius 1 is 1.11 bits per heavy atom. The number of rotatable bonds is 8. The molecule has 2 N–H and O–H groups in total. The maximum Gasteiger partial charge on any atom is 0.273 e. The minimum absolute atomic E-state index is 0.0453. The smallest absolute Gasteiger partial charge is 0.273 e. The summed E-state index contributed by atoms with van der Waals surface area (Å²) in [7, 11) is 1.60. The lowest BCUT2D eigenvalue weighted by Gasteiger charge is -2.27. The van der Waals surface area contributed by atoms with E-state index in [2.05, 4.69) is 24.0 Å². The molecule has 0 aliphatic carbocycles. The number of methoxy groups -OCH3 is 1. The van der Waals surface area contributed by atoms with Crippen LogP contribution in [0.2, 0.25) is 5.02 Å². The molecular formula is C30H30ClN3O4. The Hall–Kier alpha value is -3.97. The number of phenolic OH excluding ortho intramolecular Hbond substituents is 1. The number of phenols is 1. The molecule has 4 aromatic rings. The Kier molecular flexibility index (Phi) is 7.04. The number of H-pyrrole nitrogens is 1. The normalized spacial score (nSPS) is 14.7. The molecule has 5 rings (SSSR count). The number of hydrogen-bond donors (Lipinski definition) is 2. The summed E-state index contributed by atoms with van der Waals surface area (Å²) in [6, 6.07) is 18.4. The SMILES string of the molecule is COc1cc(C2c3c(-c4cc(Cl)c(C)cc4O)n[nH]c3C(=O)N2Cc2ccccc2)ccc1OCC(C)C. The van der Waals surface area contributed by atoms with Crippen LogP contribution in [0.25, 0.3) is 11.3 Å². The summed E-state index contributed by atoms with van der Waals surface area (Å²) >= 11 is 6.42. The van der Waals surface area contributed by atoms with Crippen LogP contribution in [-0.2, 0) is 6.54 Å². The fourth-order valence-corrected chi connectivity index (χ4v) is 4.94. The van der Waals surface area contributed by atoms with Crippen molar-refractivity contribution in [3.05, 3.63) is 93.6 Å². The second kappa shape index (κ2) is 10.4. The number of aryl methyl sites for hydroxylation is 1. The number of aromatic nitrogens is 2. The number of amides is 1. The predicted molar refractivity (Wildman–Crippen MR) is 147 cm³/mol. The molecule has 1 aliphatic rings. The van der Waals surface area contributed by atoms with Crippen LogP contribution in [0.15, 0.2) is 60.7 Å². The van der Waals surface area contributed by atoms with Crippen LogP contribution in [0, 0.1) is 12.8 Å². The first-order chi connectivity index (χ1) is 18.3. The van der Waals surface area contributed by atoms with Crippen LogP contribution >= 0.6 is 11.6 Å². The van der Waals surface area contributed by atoms with Crippen molar-refractivity contribution >= 4 is 17.5 Å². The van der Waals surface area contributed by atoms with Gasteiger partial charge in [0.1, 0.15) is 17.1 Å². The van der Waals surface area contributed by atoms with Gasteiger partial charge in [0.2, 0.25) is 0 Å². The van der Waals surface area contributed by atoms with E-state index in [4.69, 9.17) is 21.1 Å². The molecule has 1 unspecified atom stereocenters. The van der Waals surface area contributed by atoms with Crippen molar-refractivity contribution in [3.63, 3.8) is 0 Å². The van der Waals surface area contributed by atoms with Gasteiger partial charge in [-0.1, -0.05) is 61.8 Å². The van der Waals surface area contributed by atoms with Crippen LogP contribution in [0.3, 0.4) is 0 Å². The Morgan fingerprint density at radius 2 is 1.87 bits per heavy atom. The van der Waals surface area contributed by atoms with Gasteiger partial charge >= 0.3 is 0 Å². The van der Waals surface area contributed by atoms with E-state index in [9.17, 15) is 9.90 Å². The van der Waals surface area contributed by atoms with Crippen LogP contribution in [0.1, 0.15) is 52.6 Å². The number of nitrogens with one attached hydrogen (secondary N) is 1. The molecule has 0 saturated heterocycles. The fraction of sp³-hybridized carbons (Fsp3) is 0.267. The second-order valence-corrected chi connectivity index (χ2v) is 10.3. The molecule has 0 radical (unpaired) electrons. The van der Waals surface area contributed by atoms with Gasteiger partial charge in [-0.3, -0.25) is 9.89 Å². The topological polar surface area (TPSA) is 87.7 Å². The Labute approximate surface area is 227 Å². The third-order valence-corrected chi connectivity index (χ3v) is 7.07. The lowest BCUT2D eigenvalue weighted by Crippen LogP contribution is -2.29. The molecule has 0 fully saturated rings. The lowest BCUT2D eigenvalue weighted by atomic mass is 9.94. The van der Waals surface area contributed by atoms with E-state index < -0.39 is 6.04 Å². The van der Waals surface area contributed by atoms with E-state index in [-0.39, 0.29) is 11.7 Å². The molecule has 196 valence electrons. The van der Waals surface area contributed by atoms with Crippen LogP contribution in [0.5, 0.6) is 17.2 Å². The highest BCUT2D eigenvalue weighted by molar-refractivity contribution is 6.31. The Balaban J connectivity index is 1.65. The molecule has 38 heavy (non-hydrogen) atoms. The highest BCUT2D eigenvalue weighted by atomic mass is 35.5. The number of hydrogen-bond acceptors (Lipinski definition) is 5. The average molecular weight is 532 g/mol. The van der Waals surface area contributed by atoms with E-state index >= 15 is 0 Å². The van der Waals surface area contributed by atoms with Gasteiger partial charge in [0.15, 0.2) is 11.5 Å². The monoisotopic (exact) mass is 531 g/mol. The molecular weight excluding hydrogens is 502 g/mol. The summed E-state index contributed by atoms with van der Waals surface area (Å²) in [6.07, 6.45) is 0. The van der Waals surface area contributed by atoms with Crippen molar-refractivity contribution in [1.29, 1.82) is 0 Å². The summed E-state index contributed by atoms with van der Waals surface area (Å²) in [5, 5.41) is 18.7. The number of carbonyl (C=O) groups excluding carboxylic acids is 1. The van der Waals surface area contributed by atoms with Gasteiger partial charge in [-0.25, -0.2) is 0 Å². The molecule has 1 aliphatic heterocycles. The fourth-order valence-electron chi connectivity index (χ4n) is 4.78. The maximum atomic E-state index is 13.7. The standard InChI is InChI=1S/C30H30ClN3O4/c1-17(2)16-38-24-11-10-20(13-25(24)37-4)29-26-27(21-14-22(31)18(3)12-23(21)35)32-33-28(26)30(36)34(29)15-19-8-6-5-7-9-19/h5-14,17,29,35H,15-16H2,1-4H3,(H,32,33). The predicted octanol–water partition coefficient (Wildman–Crippen LogP) is 6.53. The molecule has 0 spiro atoms. The van der Waals surface area contributed by atoms with E-state index in [1.807, 2.05) is 55.5 Å². The quantitative estimate of drug-likeness (QED) is 0.270. The summed E-state index contributed by atoms with van der Waals surface area (Å²) in [5.41, 5.74) is 4.58. The first-order valence-corrected chi connectivity index (χ1v) is 12.9. The highest BCUT2D eigenvalue weighted by Gasteiger charge is 2.43. The van der Waals surface area contributed by atoms with Crippen molar-refractivity contribution < 1.29 is 19.4 Å². The van der Waals surface area contributed by atoms with Crippen LogP contribution in [0.4, 0.5) is 0 Å². The summed E-state index contributed by atoms with van der Waals surface area (Å²) in [5.74, 6) is 1.45. The zero-order valence-electron chi connectivity index (χ0n) is 21.8. The molecule has 2 heterocycles. The molecule has 7 nitrogen and oxygen atoms in total. The van der Waals surface area contributed by atoms with Gasteiger partial charge in [-0.15, -0.1) is 0 Å². The molecule has 0 bridgehead atoms. The number of nitrogens with zero attached hydrogens (tertiary/aromatic N) is 2. The number of fused-ring (bicyclic) bond motifs is 1. The summed E-state index contributed by atoms with van der Waals surface area (Å²) < 4.78 is 11.6. The molecule has 1 atom stereocenters. The largest absolute Gasteiger partial charge is 0.507 e. The van der Waals surface area contributed by atoms with Gasteiger partial charge < -0.3 is 19.5 Å². The minimum Gasteiger partial charge on any atom is -0.507 e. The molecule has 1 aromatic heterocycles. The van der Waals surface area contributed by atoms with Crippen molar-refractivity contribution in [2.45, 2.75) is 33.4 Å². The molecule has 3 aromatic carbocycles.